The van der Waals surface area contributed by atoms with E-state index in [-0.39, 0.29) is 11.6 Å². The molecule has 0 radical (unpaired) electrons. The average molecular weight is 258 g/mol. The van der Waals surface area contributed by atoms with E-state index in [2.05, 4.69) is 20.8 Å². The lowest BCUT2D eigenvalue weighted by molar-refractivity contribution is 0.252. The third-order valence-electron chi connectivity index (χ3n) is 2.45. The van der Waals surface area contributed by atoms with E-state index >= 15 is 0 Å². The summed E-state index contributed by atoms with van der Waals surface area (Å²) in [5.41, 5.74) is 1.99. The van der Waals surface area contributed by atoms with Crippen molar-refractivity contribution in [2.75, 3.05) is 11.9 Å². The highest BCUT2D eigenvalue weighted by Gasteiger charge is 2.02. The molecule has 6 heteroatoms. The fourth-order valence-electron chi connectivity index (χ4n) is 1.57. The van der Waals surface area contributed by atoms with Crippen molar-refractivity contribution >= 4 is 11.7 Å². The number of urea groups is 1. The summed E-state index contributed by atoms with van der Waals surface area (Å²) in [7, 11) is 0. The number of anilines is 1. The molecule has 0 unspecified atom stereocenters. The number of amides is 2. The zero-order valence-electron chi connectivity index (χ0n) is 10.4. The van der Waals surface area contributed by atoms with Gasteiger partial charge in [-0.25, -0.2) is 9.89 Å². The summed E-state index contributed by atoms with van der Waals surface area (Å²) < 4.78 is 0. The summed E-state index contributed by atoms with van der Waals surface area (Å²) in [6.07, 6.45) is 0. The number of H-pyrrole nitrogens is 1. The predicted molar refractivity (Wildman–Crippen MR) is 73.0 cm³/mol. The van der Waals surface area contributed by atoms with Gasteiger partial charge in [-0.1, -0.05) is 12.1 Å². The molecule has 2 amide bonds. The minimum absolute atomic E-state index is 0.238. The van der Waals surface area contributed by atoms with Gasteiger partial charge in [0.15, 0.2) is 0 Å². The molecule has 0 fully saturated rings. The lowest BCUT2D eigenvalue weighted by Crippen LogP contribution is -2.28. The second-order valence-corrected chi connectivity index (χ2v) is 3.87. The molecular weight excluding hydrogens is 244 g/mol. The second-order valence-electron chi connectivity index (χ2n) is 3.87. The van der Waals surface area contributed by atoms with Crippen LogP contribution in [0.3, 0.4) is 0 Å². The first-order valence-electron chi connectivity index (χ1n) is 5.90. The molecular formula is C13H14N4O2. The molecule has 2 aromatic rings. The van der Waals surface area contributed by atoms with Crippen LogP contribution in [-0.4, -0.2) is 22.8 Å². The Morgan fingerprint density at radius 3 is 2.53 bits per heavy atom. The zero-order chi connectivity index (χ0) is 13.7. The summed E-state index contributed by atoms with van der Waals surface area (Å²) in [5, 5.41) is 11.7. The molecule has 1 aromatic heterocycles. The molecule has 0 spiro atoms. The van der Waals surface area contributed by atoms with Gasteiger partial charge in [0.1, 0.15) is 0 Å². The third-order valence-corrected chi connectivity index (χ3v) is 2.45. The van der Waals surface area contributed by atoms with Crippen LogP contribution < -0.4 is 16.2 Å². The van der Waals surface area contributed by atoms with Crippen LogP contribution in [0.25, 0.3) is 11.3 Å². The molecule has 0 atom stereocenters. The van der Waals surface area contributed by atoms with Crippen molar-refractivity contribution in [1.29, 1.82) is 0 Å². The van der Waals surface area contributed by atoms with Crippen LogP contribution in [-0.2, 0) is 0 Å². The molecule has 0 bridgehead atoms. The molecule has 19 heavy (non-hydrogen) atoms. The number of nitrogens with zero attached hydrogens (tertiary/aromatic N) is 1. The van der Waals surface area contributed by atoms with E-state index < -0.39 is 0 Å². The number of hydrogen-bond donors (Lipinski definition) is 3. The van der Waals surface area contributed by atoms with Gasteiger partial charge in [-0.2, -0.15) is 5.10 Å². The lowest BCUT2D eigenvalue weighted by atomic mass is 10.1. The summed E-state index contributed by atoms with van der Waals surface area (Å²) in [4.78, 5) is 22.2. The van der Waals surface area contributed by atoms with Crippen molar-refractivity contribution in [3.8, 4) is 11.3 Å². The summed E-state index contributed by atoms with van der Waals surface area (Å²) in [6, 6.07) is 10.0. The first kappa shape index (κ1) is 12.8. The van der Waals surface area contributed by atoms with Gasteiger partial charge in [-0.05, 0) is 25.1 Å². The van der Waals surface area contributed by atoms with Gasteiger partial charge >= 0.3 is 6.03 Å². The van der Waals surface area contributed by atoms with E-state index in [0.29, 0.717) is 17.9 Å². The highest BCUT2D eigenvalue weighted by atomic mass is 16.2. The van der Waals surface area contributed by atoms with Crippen molar-refractivity contribution in [1.82, 2.24) is 15.5 Å². The molecule has 3 N–H and O–H groups in total. The van der Waals surface area contributed by atoms with E-state index in [0.717, 1.165) is 5.56 Å². The van der Waals surface area contributed by atoms with Crippen LogP contribution in [0, 0.1) is 0 Å². The van der Waals surface area contributed by atoms with Crippen molar-refractivity contribution < 1.29 is 4.79 Å². The monoisotopic (exact) mass is 258 g/mol. The largest absolute Gasteiger partial charge is 0.338 e. The van der Waals surface area contributed by atoms with Crippen molar-refractivity contribution in [2.45, 2.75) is 6.92 Å². The fraction of sp³-hybridized carbons (Fsp3) is 0.154. The number of carbonyl (C=O) groups excluding carboxylic acids is 1. The number of carbonyl (C=O) groups is 1. The molecule has 6 nitrogen and oxygen atoms in total. The van der Waals surface area contributed by atoms with Gasteiger partial charge in [0.2, 0.25) is 0 Å². The van der Waals surface area contributed by atoms with Crippen LogP contribution in [0.1, 0.15) is 6.92 Å². The van der Waals surface area contributed by atoms with E-state index in [1.54, 1.807) is 18.2 Å². The quantitative estimate of drug-likeness (QED) is 0.781. The maximum absolute atomic E-state index is 11.3. The van der Waals surface area contributed by atoms with Crippen LogP contribution in [0.4, 0.5) is 10.5 Å². The average Bonchev–Trinajstić information content (AvgIpc) is 2.41. The molecule has 1 aromatic carbocycles. The molecule has 0 saturated heterocycles. The van der Waals surface area contributed by atoms with Gasteiger partial charge in [-0.3, -0.25) is 4.79 Å². The van der Waals surface area contributed by atoms with E-state index in [9.17, 15) is 9.59 Å². The van der Waals surface area contributed by atoms with E-state index in [1.165, 1.54) is 6.07 Å². The van der Waals surface area contributed by atoms with Crippen molar-refractivity contribution in [3.63, 3.8) is 0 Å². The van der Waals surface area contributed by atoms with E-state index in [4.69, 9.17) is 0 Å². The number of rotatable bonds is 3. The molecule has 2 rings (SSSR count). The summed E-state index contributed by atoms with van der Waals surface area (Å²) in [5.74, 6) is 0. The first-order valence-corrected chi connectivity index (χ1v) is 5.90. The molecule has 1 heterocycles. The molecule has 0 aliphatic rings. The number of benzene rings is 1. The SMILES string of the molecule is CCNC(=O)Nc1ccc(-c2ccc(=O)[nH]n2)cc1. The fourth-order valence-corrected chi connectivity index (χ4v) is 1.57. The Balaban J connectivity index is 2.12. The number of aromatic amines is 1. The summed E-state index contributed by atoms with van der Waals surface area (Å²) >= 11 is 0. The first-order chi connectivity index (χ1) is 9.19. The van der Waals surface area contributed by atoms with Crippen LogP contribution in [0.5, 0.6) is 0 Å². The zero-order valence-corrected chi connectivity index (χ0v) is 10.4. The highest BCUT2D eigenvalue weighted by Crippen LogP contribution is 2.17. The van der Waals surface area contributed by atoms with Crippen molar-refractivity contribution in [3.05, 3.63) is 46.8 Å². The Morgan fingerprint density at radius 1 is 1.21 bits per heavy atom. The highest BCUT2D eigenvalue weighted by molar-refractivity contribution is 5.89. The third kappa shape index (κ3) is 3.41. The Bertz CT molecular complexity index is 599. The topological polar surface area (TPSA) is 86.9 Å². The van der Waals surface area contributed by atoms with Crippen LogP contribution in [0.2, 0.25) is 0 Å². The Hall–Kier alpha value is -2.63. The maximum Gasteiger partial charge on any atom is 0.319 e. The van der Waals surface area contributed by atoms with Gasteiger partial charge in [0, 0.05) is 23.9 Å². The Kier molecular flexibility index (Phi) is 3.92. The number of hydrogen-bond acceptors (Lipinski definition) is 3. The summed E-state index contributed by atoms with van der Waals surface area (Å²) in [6.45, 7) is 2.43. The Morgan fingerprint density at radius 2 is 1.95 bits per heavy atom. The van der Waals surface area contributed by atoms with Gasteiger partial charge < -0.3 is 10.6 Å². The minimum Gasteiger partial charge on any atom is -0.338 e. The smallest absolute Gasteiger partial charge is 0.319 e. The number of nitrogens with one attached hydrogen (secondary N) is 3. The predicted octanol–water partition coefficient (Wildman–Crippen LogP) is 1.58. The maximum atomic E-state index is 11.3. The van der Waals surface area contributed by atoms with Crippen LogP contribution in [0.15, 0.2) is 41.2 Å². The van der Waals surface area contributed by atoms with E-state index in [1.807, 2.05) is 19.1 Å². The number of aromatic nitrogens is 2. The lowest BCUT2D eigenvalue weighted by Gasteiger charge is -2.06. The molecule has 0 saturated carbocycles. The van der Waals surface area contributed by atoms with Gasteiger partial charge in [0.25, 0.3) is 5.56 Å². The molecule has 98 valence electrons. The van der Waals surface area contributed by atoms with Gasteiger partial charge in [-0.15, -0.1) is 0 Å². The molecule has 0 aliphatic heterocycles. The normalized spacial score (nSPS) is 9.95. The second kappa shape index (κ2) is 5.81. The molecule has 0 aliphatic carbocycles. The Labute approximate surface area is 109 Å². The van der Waals surface area contributed by atoms with Crippen LogP contribution >= 0.6 is 0 Å². The standard InChI is InChI=1S/C13H14N4O2/c1-2-14-13(19)15-10-5-3-9(4-6-10)11-7-8-12(18)17-16-11/h3-8H,2H2,1H3,(H,17,18)(H2,14,15,19). The van der Waals surface area contributed by atoms with Crippen molar-refractivity contribution in [2.24, 2.45) is 0 Å². The minimum atomic E-state index is -0.239. The van der Waals surface area contributed by atoms with Gasteiger partial charge in [0.05, 0.1) is 5.69 Å².